The van der Waals surface area contributed by atoms with Gasteiger partial charge in [0.05, 0.1) is 16.7 Å². The molecule has 0 aromatic carbocycles. The Bertz CT molecular complexity index is 1620. The fourth-order valence-electron chi connectivity index (χ4n) is 7.16. The average molecular weight is 735 g/mol. The van der Waals surface area contributed by atoms with E-state index in [1.54, 1.807) is 0 Å². The molecule has 3 heterocycles. The van der Waals surface area contributed by atoms with Crippen LogP contribution in [-0.2, 0) is 20.4 Å². The van der Waals surface area contributed by atoms with Crippen LogP contribution in [0.4, 0.5) is 0 Å². The van der Waals surface area contributed by atoms with Crippen molar-refractivity contribution in [2.45, 2.75) is 86.9 Å². The van der Waals surface area contributed by atoms with Crippen molar-refractivity contribution in [2.75, 3.05) is 53.4 Å². The Hall–Kier alpha value is -1.88. The first-order valence-electron chi connectivity index (χ1n) is 16.2. The maximum Gasteiger partial charge on any atom is 0.350 e. The van der Waals surface area contributed by atoms with Crippen LogP contribution in [0.5, 0.6) is 0 Å². The molecule has 2 aliphatic carbocycles. The number of nitrogens with one attached hydrogen (secondary N) is 1. The van der Waals surface area contributed by atoms with Gasteiger partial charge in [-0.2, -0.15) is 22.1 Å². The SMILES string of the molecule is CN(C)S(=O)(=O)N1CCN(CCOC(=O)c2sc(C(C)(C)C3C(Cl)CC(n4ncc(=O)[nH]c4=O)CC3Cl)nc2C2CCCCC2)CC1. The van der Waals surface area contributed by atoms with E-state index in [4.69, 9.17) is 32.9 Å². The molecule has 2 saturated carbocycles. The summed E-state index contributed by atoms with van der Waals surface area (Å²) in [5, 5.41) is 3.97. The minimum Gasteiger partial charge on any atom is -0.460 e. The lowest BCUT2D eigenvalue weighted by Crippen LogP contribution is -2.52. The van der Waals surface area contributed by atoms with Crippen molar-refractivity contribution < 1.29 is 17.9 Å². The van der Waals surface area contributed by atoms with E-state index in [-0.39, 0.29) is 24.5 Å². The number of hydrogen-bond donors (Lipinski definition) is 1. The molecule has 262 valence electrons. The third kappa shape index (κ3) is 7.97. The van der Waals surface area contributed by atoms with Crippen LogP contribution in [0.15, 0.2) is 15.8 Å². The molecule has 2 aromatic rings. The zero-order chi connectivity index (χ0) is 34.1. The summed E-state index contributed by atoms with van der Waals surface area (Å²) in [6.07, 6.45) is 7.21. The van der Waals surface area contributed by atoms with Gasteiger partial charge < -0.3 is 4.74 Å². The number of H-pyrrole nitrogens is 1. The number of thiazole rings is 1. The number of aromatic nitrogens is 4. The molecule has 2 aromatic heterocycles. The molecule has 0 spiro atoms. The lowest BCUT2D eigenvalue weighted by molar-refractivity contribution is 0.0447. The number of aromatic amines is 1. The molecule has 1 saturated heterocycles. The Balaban J connectivity index is 1.29. The summed E-state index contributed by atoms with van der Waals surface area (Å²) in [4.78, 5) is 47.6. The number of piperazine rings is 1. The summed E-state index contributed by atoms with van der Waals surface area (Å²) >= 11 is 15.4. The zero-order valence-electron chi connectivity index (χ0n) is 27.4. The van der Waals surface area contributed by atoms with Crippen molar-refractivity contribution in [2.24, 2.45) is 5.92 Å². The van der Waals surface area contributed by atoms with Crippen molar-refractivity contribution in [3.05, 3.63) is 42.6 Å². The van der Waals surface area contributed by atoms with Gasteiger partial charge >= 0.3 is 11.7 Å². The molecule has 0 amide bonds. The Kier molecular flexibility index (Phi) is 11.6. The quantitative estimate of drug-likeness (QED) is 0.287. The first kappa shape index (κ1) is 36.4. The molecule has 3 fully saturated rings. The minimum absolute atomic E-state index is 0.173. The fourth-order valence-corrected chi connectivity index (χ4v) is 10.9. The molecule has 2 unspecified atom stereocenters. The van der Waals surface area contributed by atoms with Gasteiger partial charge in [-0.05, 0) is 25.7 Å². The molecule has 47 heavy (non-hydrogen) atoms. The van der Waals surface area contributed by atoms with Gasteiger partial charge in [0.25, 0.3) is 15.8 Å². The van der Waals surface area contributed by atoms with Gasteiger partial charge in [0.15, 0.2) is 0 Å². The lowest BCUT2D eigenvalue weighted by Gasteiger charge is -2.44. The monoisotopic (exact) mass is 733 g/mol. The highest BCUT2D eigenvalue weighted by molar-refractivity contribution is 7.86. The molecule has 5 rings (SSSR count). The molecule has 2 atom stereocenters. The van der Waals surface area contributed by atoms with Crippen LogP contribution < -0.4 is 11.2 Å². The molecule has 1 aliphatic heterocycles. The predicted molar refractivity (Wildman–Crippen MR) is 182 cm³/mol. The highest BCUT2D eigenvalue weighted by Crippen LogP contribution is 2.49. The van der Waals surface area contributed by atoms with Crippen LogP contribution in [0.25, 0.3) is 0 Å². The van der Waals surface area contributed by atoms with Gasteiger partial charge in [0, 0.05) is 74.8 Å². The maximum absolute atomic E-state index is 13.6. The van der Waals surface area contributed by atoms with Crippen LogP contribution in [-0.4, -0.2) is 112 Å². The van der Waals surface area contributed by atoms with Crippen LogP contribution in [0.2, 0.25) is 0 Å². The molecule has 0 bridgehead atoms. The first-order valence-corrected chi connectivity index (χ1v) is 19.3. The van der Waals surface area contributed by atoms with E-state index >= 15 is 0 Å². The van der Waals surface area contributed by atoms with Crippen molar-refractivity contribution in [1.82, 2.24) is 33.3 Å². The van der Waals surface area contributed by atoms with Gasteiger partial charge in [-0.25, -0.2) is 19.3 Å². The van der Waals surface area contributed by atoms with E-state index in [1.807, 2.05) is 0 Å². The molecule has 1 N–H and O–H groups in total. The maximum atomic E-state index is 13.6. The number of halogens is 2. The number of carbonyl (C=O) groups is 1. The summed E-state index contributed by atoms with van der Waals surface area (Å²) in [6.45, 7) is 6.71. The third-order valence-electron chi connectivity index (χ3n) is 9.83. The fraction of sp³-hybridized carbons (Fsp3) is 0.767. The van der Waals surface area contributed by atoms with Crippen LogP contribution in [0.1, 0.15) is 91.1 Å². The molecule has 17 heteroatoms. The van der Waals surface area contributed by atoms with Crippen LogP contribution in [0, 0.1) is 5.92 Å². The zero-order valence-corrected chi connectivity index (χ0v) is 30.5. The Morgan fingerprint density at radius 2 is 1.72 bits per heavy atom. The van der Waals surface area contributed by atoms with Crippen molar-refractivity contribution in [1.29, 1.82) is 0 Å². The summed E-state index contributed by atoms with van der Waals surface area (Å²) in [7, 11) is -0.394. The largest absolute Gasteiger partial charge is 0.460 e. The van der Waals surface area contributed by atoms with E-state index in [9.17, 15) is 22.8 Å². The van der Waals surface area contributed by atoms with Gasteiger partial charge in [0.2, 0.25) is 0 Å². The topological polar surface area (TPSA) is 151 Å². The summed E-state index contributed by atoms with van der Waals surface area (Å²) in [5.41, 5.74) is -0.950. The van der Waals surface area contributed by atoms with E-state index in [0.29, 0.717) is 50.4 Å². The number of alkyl halides is 2. The van der Waals surface area contributed by atoms with Crippen molar-refractivity contribution in [3.8, 4) is 0 Å². The van der Waals surface area contributed by atoms with Gasteiger partial charge in [0.1, 0.15) is 17.7 Å². The molecular weight excluding hydrogens is 689 g/mol. The molecular formula is C30H45Cl2N7O6S2. The van der Waals surface area contributed by atoms with Gasteiger partial charge in [-0.3, -0.25) is 14.7 Å². The van der Waals surface area contributed by atoms with E-state index < -0.39 is 43.6 Å². The molecule has 3 aliphatic rings. The summed E-state index contributed by atoms with van der Waals surface area (Å²) in [6, 6.07) is -0.364. The first-order chi connectivity index (χ1) is 22.2. The molecule has 13 nitrogen and oxygen atoms in total. The predicted octanol–water partition coefficient (Wildman–Crippen LogP) is 3.16. The van der Waals surface area contributed by atoms with E-state index in [1.165, 1.54) is 45.1 Å². The highest BCUT2D eigenvalue weighted by Gasteiger charge is 2.48. The summed E-state index contributed by atoms with van der Waals surface area (Å²) in [5.74, 6) is -0.438. The Morgan fingerprint density at radius 1 is 1.09 bits per heavy atom. The molecule has 0 radical (unpaired) electrons. The second kappa shape index (κ2) is 14.9. The van der Waals surface area contributed by atoms with E-state index in [2.05, 4.69) is 28.8 Å². The van der Waals surface area contributed by atoms with Gasteiger partial charge in [-0.15, -0.1) is 34.5 Å². The average Bonchev–Trinajstić information content (AvgIpc) is 3.48. The second-order valence-electron chi connectivity index (χ2n) is 13.5. The third-order valence-corrected chi connectivity index (χ3v) is 14.1. The Morgan fingerprint density at radius 3 is 2.32 bits per heavy atom. The number of ether oxygens (including phenoxy) is 1. The minimum atomic E-state index is -3.45. The summed E-state index contributed by atoms with van der Waals surface area (Å²) < 4.78 is 34.6. The lowest BCUT2D eigenvalue weighted by atomic mass is 9.69. The number of nitrogens with zero attached hydrogens (tertiary/aromatic N) is 6. The van der Waals surface area contributed by atoms with Crippen molar-refractivity contribution in [3.63, 3.8) is 0 Å². The normalized spacial score (nSPS) is 25.7. The number of hydrogen-bond acceptors (Lipinski definition) is 10. The number of carbonyl (C=O) groups excluding carboxylic acids is 1. The number of rotatable bonds is 10. The van der Waals surface area contributed by atoms with Crippen LogP contribution in [0.3, 0.4) is 0 Å². The van der Waals surface area contributed by atoms with Gasteiger partial charge in [-0.1, -0.05) is 33.1 Å². The highest BCUT2D eigenvalue weighted by atomic mass is 35.5. The standard InChI is InChI=1S/C30H45Cl2N7O6S2/c1-30(2,24-21(31)16-20(17-22(24)32)39-29(42)34-23(40)18-33-39)28-35-25(19-8-6-5-7-9-19)26(46-28)27(41)45-15-14-37-10-12-38(13-11-37)47(43,44)36(3)4/h18-22,24H,5-17H2,1-4H3,(H,34,40,42). The van der Waals surface area contributed by atoms with Crippen molar-refractivity contribution >= 4 is 50.7 Å². The van der Waals surface area contributed by atoms with Crippen LogP contribution >= 0.6 is 34.5 Å². The van der Waals surface area contributed by atoms with E-state index in [0.717, 1.165) is 42.6 Å². The number of esters is 1. The second-order valence-corrected chi connectivity index (χ2v) is 17.8. The smallest absolute Gasteiger partial charge is 0.350 e. The Labute approximate surface area is 289 Å².